The summed E-state index contributed by atoms with van der Waals surface area (Å²) in [6, 6.07) is 12.1. The number of benzene rings is 1. The molecule has 0 spiro atoms. The van der Waals surface area contributed by atoms with E-state index >= 15 is 0 Å². The molecule has 100 valence electrons. The highest BCUT2D eigenvalue weighted by atomic mass is 32.2. The van der Waals surface area contributed by atoms with E-state index in [9.17, 15) is 0 Å². The molecule has 0 saturated heterocycles. The molecule has 1 aromatic heterocycles. The third-order valence-electron chi connectivity index (χ3n) is 3.06. The molecule has 0 radical (unpaired) electrons. The number of thioether (sulfide) groups is 1. The molecule has 3 nitrogen and oxygen atoms in total. The zero-order chi connectivity index (χ0) is 13.9. The smallest absolute Gasteiger partial charge is 0.123 e. The van der Waals surface area contributed by atoms with E-state index in [1.165, 1.54) is 4.90 Å². The highest BCUT2D eigenvalue weighted by Gasteiger charge is 2.17. The van der Waals surface area contributed by atoms with Gasteiger partial charge < -0.3 is 5.32 Å². The highest BCUT2D eigenvalue weighted by molar-refractivity contribution is 7.98. The summed E-state index contributed by atoms with van der Waals surface area (Å²) in [4.78, 5) is 10.8. The van der Waals surface area contributed by atoms with E-state index in [-0.39, 0.29) is 0 Å². The molecule has 0 unspecified atom stereocenters. The number of thiocarbonyl (C=S) groups is 1. The van der Waals surface area contributed by atoms with Gasteiger partial charge in [0.1, 0.15) is 4.99 Å². The first-order valence-corrected chi connectivity index (χ1v) is 7.86. The number of anilines is 1. The van der Waals surface area contributed by atoms with Gasteiger partial charge in [0.2, 0.25) is 0 Å². The van der Waals surface area contributed by atoms with Crippen LogP contribution in [0, 0.1) is 0 Å². The first-order valence-electron chi connectivity index (χ1n) is 6.23. The summed E-state index contributed by atoms with van der Waals surface area (Å²) in [7, 11) is 0. The fourth-order valence-corrected chi connectivity index (χ4v) is 2.70. The number of hydrogen-bond acceptors (Lipinski definition) is 4. The van der Waals surface area contributed by atoms with Crippen LogP contribution in [0.15, 0.2) is 52.5 Å². The molecule has 2 heterocycles. The Balaban J connectivity index is 2.19. The lowest BCUT2D eigenvalue weighted by Gasteiger charge is -2.11. The lowest BCUT2D eigenvalue weighted by atomic mass is 10.0. The first-order chi connectivity index (χ1) is 9.78. The maximum absolute atomic E-state index is 5.29. The quantitative estimate of drug-likeness (QED) is 0.681. The zero-order valence-corrected chi connectivity index (χ0v) is 12.6. The van der Waals surface area contributed by atoms with Crippen LogP contribution < -0.4 is 5.32 Å². The van der Waals surface area contributed by atoms with Crippen molar-refractivity contribution >= 4 is 40.4 Å². The Labute approximate surface area is 127 Å². The SMILES string of the molecule is CSc1ccc2c(c1)C(c1ccccn1)=NC(=S)CN2. The van der Waals surface area contributed by atoms with Crippen molar-refractivity contribution in [3.05, 3.63) is 53.9 Å². The summed E-state index contributed by atoms with van der Waals surface area (Å²) in [5.41, 5.74) is 3.78. The monoisotopic (exact) mass is 299 g/mol. The molecule has 0 amide bonds. The van der Waals surface area contributed by atoms with Gasteiger partial charge in [-0.1, -0.05) is 18.3 Å². The predicted octanol–water partition coefficient (Wildman–Crippen LogP) is 3.39. The van der Waals surface area contributed by atoms with E-state index in [1.54, 1.807) is 18.0 Å². The molecule has 2 aromatic rings. The maximum atomic E-state index is 5.29. The van der Waals surface area contributed by atoms with Crippen LogP contribution in [0.25, 0.3) is 0 Å². The summed E-state index contributed by atoms with van der Waals surface area (Å²) >= 11 is 7.01. The Morgan fingerprint density at radius 1 is 1.25 bits per heavy atom. The van der Waals surface area contributed by atoms with Crippen molar-refractivity contribution in [2.24, 2.45) is 4.99 Å². The minimum absolute atomic E-state index is 0.581. The van der Waals surface area contributed by atoms with Crippen LogP contribution >= 0.6 is 24.0 Å². The lowest BCUT2D eigenvalue weighted by molar-refractivity contribution is 1.28. The Morgan fingerprint density at radius 2 is 2.15 bits per heavy atom. The minimum Gasteiger partial charge on any atom is -0.378 e. The number of fused-ring (bicyclic) bond motifs is 1. The molecule has 0 saturated carbocycles. The number of benzodiazepines with no additional fused rings is 1. The average molecular weight is 299 g/mol. The van der Waals surface area contributed by atoms with E-state index in [2.05, 4.69) is 39.7 Å². The van der Waals surface area contributed by atoms with Gasteiger partial charge in [-0.25, -0.2) is 4.99 Å². The zero-order valence-electron chi connectivity index (χ0n) is 11.0. The van der Waals surface area contributed by atoms with Crippen LogP contribution in [-0.2, 0) is 0 Å². The van der Waals surface area contributed by atoms with E-state index in [1.807, 2.05) is 18.2 Å². The Bertz CT molecular complexity index is 681. The number of nitrogens with one attached hydrogen (secondary N) is 1. The number of hydrogen-bond donors (Lipinski definition) is 1. The summed E-state index contributed by atoms with van der Waals surface area (Å²) < 4.78 is 0. The summed E-state index contributed by atoms with van der Waals surface area (Å²) in [6.45, 7) is 0.581. The van der Waals surface area contributed by atoms with Crippen LogP contribution in [0.2, 0.25) is 0 Å². The van der Waals surface area contributed by atoms with Crippen molar-refractivity contribution in [2.75, 3.05) is 18.1 Å². The molecule has 0 bridgehead atoms. The van der Waals surface area contributed by atoms with E-state index in [0.29, 0.717) is 11.5 Å². The van der Waals surface area contributed by atoms with Gasteiger partial charge in [-0.05, 0) is 36.6 Å². The molecule has 0 atom stereocenters. The lowest BCUT2D eigenvalue weighted by Crippen LogP contribution is -2.07. The van der Waals surface area contributed by atoms with E-state index < -0.39 is 0 Å². The van der Waals surface area contributed by atoms with Gasteiger partial charge in [0.05, 0.1) is 18.0 Å². The normalized spacial score (nSPS) is 14.1. The molecule has 5 heteroatoms. The van der Waals surface area contributed by atoms with E-state index in [0.717, 1.165) is 22.7 Å². The number of rotatable bonds is 2. The van der Waals surface area contributed by atoms with Crippen molar-refractivity contribution in [3.8, 4) is 0 Å². The number of aliphatic imine (C=N–C) groups is 1. The van der Waals surface area contributed by atoms with Crippen molar-refractivity contribution in [2.45, 2.75) is 4.90 Å². The second-order valence-corrected chi connectivity index (χ2v) is 5.69. The fourth-order valence-electron chi connectivity index (χ4n) is 2.09. The Hall–Kier alpha value is -1.72. The van der Waals surface area contributed by atoms with Crippen molar-refractivity contribution in [3.63, 3.8) is 0 Å². The molecule has 1 aliphatic rings. The van der Waals surface area contributed by atoms with Gasteiger partial charge in [0.15, 0.2) is 0 Å². The van der Waals surface area contributed by atoms with Crippen molar-refractivity contribution in [1.82, 2.24) is 4.98 Å². The van der Waals surface area contributed by atoms with Gasteiger partial charge >= 0.3 is 0 Å². The second-order valence-electron chi connectivity index (χ2n) is 4.33. The number of pyridine rings is 1. The van der Waals surface area contributed by atoms with Gasteiger partial charge in [-0.2, -0.15) is 0 Å². The van der Waals surface area contributed by atoms with Gasteiger partial charge in [-0.15, -0.1) is 11.8 Å². The first kappa shape index (κ1) is 13.3. The third kappa shape index (κ3) is 2.59. The van der Waals surface area contributed by atoms with Crippen LogP contribution in [0.3, 0.4) is 0 Å². The van der Waals surface area contributed by atoms with Crippen LogP contribution in [-0.4, -0.2) is 28.5 Å². The molecular weight excluding hydrogens is 286 g/mol. The fraction of sp³-hybridized carbons (Fsp3) is 0.133. The highest BCUT2D eigenvalue weighted by Crippen LogP contribution is 2.27. The van der Waals surface area contributed by atoms with Crippen molar-refractivity contribution < 1.29 is 0 Å². The predicted molar refractivity (Wildman–Crippen MR) is 89.2 cm³/mol. The molecule has 1 aromatic carbocycles. The largest absolute Gasteiger partial charge is 0.378 e. The molecule has 0 fully saturated rings. The molecule has 3 rings (SSSR count). The topological polar surface area (TPSA) is 37.3 Å². The average Bonchev–Trinajstić information content (AvgIpc) is 2.67. The van der Waals surface area contributed by atoms with Crippen LogP contribution in [0.5, 0.6) is 0 Å². The van der Waals surface area contributed by atoms with Crippen molar-refractivity contribution in [1.29, 1.82) is 0 Å². The molecule has 1 N–H and O–H groups in total. The number of aromatic nitrogens is 1. The molecule has 0 aliphatic carbocycles. The van der Waals surface area contributed by atoms with Gasteiger partial charge in [0.25, 0.3) is 0 Å². The Morgan fingerprint density at radius 3 is 2.90 bits per heavy atom. The standard InChI is InChI=1S/C15H13N3S2/c1-20-10-5-6-12-11(8-10)15(18-14(19)9-17-12)13-4-2-3-7-16-13/h2-8,17H,9H2,1H3. The van der Waals surface area contributed by atoms with Crippen LogP contribution in [0.1, 0.15) is 11.3 Å². The minimum atomic E-state index is 0.581. The van der Waals surface area contributed by atoms with E-state index in [4.69, 9.17) is 12.2 Å². The molecular formula is C15H13N3S2. The number of nitrogens with zero attached hydrogens (tertiary/aromatic N) is 2. The summed E-state index contributed by atoms with van der Waals surface area (Å²) in [5, 5.41) is 3.33. The molecule has 20 heavy (non-hydrogen) atoms. The summed E-state index contributed by atoms with van der Waals surface area (Å²) in [5.74, 6) is 0. The van der Waals surface area contributed by atoms with Gasteiger partial charge in [-0.3, -0.25) is 4.98 Å². The van der Waals surface area contributed by atoms with Crippen LogP contribution in [0.4, 0.5) is 5.69 Å². The van der Waals surface area contributed by atoms with Gasteiger partial charge in [0, 0.05) is 22.3 Å². The third-order valence-corrected chi connectivity index (χ3v) is 4.02. The molecule has 1 aliphatic heterocycles. The Kier molecular flexibility index (Phi) is 3.80. The maximum Gasteiger partial charge on any atom is 0.123 e. The second kappa shape index (κ2) is 5.73. The summed E-state index contributed by atoms with van der Waals surface area (Å²) in [6.07, 6.45) is 3.84.